The van der Waals surface area contributed by atoms with Crippen molar-refractivity contribution >= 4 is 11.8 Å². The third kappa shape index (κ3) is 2.61. The Balaban J connectivity index is 1.75. The van der Waals surface area contributed by atoms with Crippen LogP contribution in [0.3, 0.4) is 0 Å². The van der Waals surface area contributed by atoms with Gasteiger partial charge in [-0.2, -0.15) is 11.8 Å². The molecule has 0 spiro atoms. The van der Waals surface area contributed by atoms with E-state index >= 15 is 0 Å². The van der Waals surface area contributed by atoms with Gasteiger partial charge < -0.3 is 0 Å². The van der Waals surface area contributed by atoms with Crippen molar-refractivity contribution in [2.75, 3.05) is 18.8 Å². The monoisotopic (exact) mass is 200 g/mol. The zero-order valence-corrected chi connectivity index (χ0v) is 9.28. The van der Waals surface area contributed by atoms with Crippen LogP contribution in [-0.4, -0.2) is 35.1 Å². The zero-order valence-electron chi connectivity index (χ0n) is 8.46. The summed E-state index contributed by atoms with van der Waals surface area (Å²) >= 11 is 2.10. The third-order valence-electron chi connectivity index (χ3n) is 3.08. The molecule has 2 aliphatic rings. The second-order valence-electron chi connectivity index (χ2n) is 4.15. The van der Waals surface area contributed by atoms with Crippen LogP contribution >= 0.6 is 11.8 Å². The lowest BCUT2D eigenvalue weighted by atomic mass is 10.1. The van der Waals surface area contributed by atoms with Crippen molar-refractivity contribution in [2.45, 2.75) is 43.9 Å². The van der Waals surface area contributed by atoms with Crippen LogP contribution in [0.5, 0.6) is 0 Å². The van der Waals surface area contributed by atoms with Gasteiger partial charge >= 0.3 is 0 Å². The number of hydrogen-bond donors (Lipinski definition) is 1. The predicted molar refractivity (Wildman–Crippen MR) is 58.9 cm³/mol. The lowest BCUT2D eigenvalue weighted by Gasteiger charge is -2.31. The van der Waals surface area contributed by atoms with Gasteiger partial charge in [0.05, 0.1) is 0 Å². The van der Waals surface area contributed by atoms with Crippen LogP contribution in [-0.2, 0) is 0 Å². The molecule has 2 atom stereocenters. The average Bonchev–Trinajstić information content (AvgIpc) is 2.54. The first-order valence-corrected chi connectivity index (χ1v) is 6.54. The first kappa shape index (κ1) is 9.81. The molecule has 76 valence electrons. The van der Waals surface area contributed by atoms with E-state index in [1.54, 1.807) is 0 Å². The summed E-state index contributed by atoms with van der Waals surface area (Å²) in [4.78, 5) is 0. The Bertz CT molecular complexity index is 157. The fourth-order valence-electron chi connectivity index (χ4n) is 2.16. The van der Waals surface area contributed by atoms with E-state index in [9.17, 15) is 0 Å². The molecular weight excluding hydrogens is 180 g/mol. The molecule has 0 aromatic rings. The van der Waals surface area contributed by atoms with E-state index < -0.39 is 0 Å². The summed E-state index contributed by atoms with van der Waals surface area (Å²) < 4.78 is 0. The standard InChI is InChI=1S/C10H20N2S/c1-9-10(5-8-13-9)11-12-6-3-2-4-7-12/h9-11H,2-8H2,1H3. The number of hydrazine groups is 1. The molecule has 3 heteroatoms. The minimum absolute atomic E-state index is 0.739. The molecular formula is C10H20N2S. The molecule has 1 N–H and O–H groups in total. The van der Waals surface area contributed by atoms with E-state index in [0.717, 1.165) is 11.3 Å². The van der Waals surface area contributed by atoms with Crippen molar-refractivity contribution < 1.29 is 0 Å². The molecule has 2 aliphatic heterocycles. The van der Waals surface area contributed by atoms with Gasteiger partial charge in [-0.15, -0.1) is 0 Å². The van der Waals surface area contributed by atoms with Crippen LogP contribution in [0.25, 0.3) is 0 Å². The van der Waals surface area contributed by atoms with E-state index in [1.807, 2.05) is 0 Å². The lowest BCUT2D eigenvalue weighted by Crippen LogP contribution is -2.49. The summed E-state index contributed by atoms with van der Waals surface area (Å²) in [6.45, 7) is 4.86. The SMILES string of the molecule is CC1SCCC1NN1CCCCC1. The van der Waals surface area contributed by atoms with Crippen LogP contribution in [0.15, 0.2) is 0 Å². The summed E-state index contributed by atoms with van der Waals surface area (Å²) in [6.07, 6.45) is 5.53. The van der Waals surface area contributed by atoms with Gasteiger partial charge in [-0.3, -0.25) is 5.43 Å². The Hall–Kier alpha value is 0.270. The average molecular weight is 200 g/mol. The number of rotatable bonds is 2. The van der Waals surface area contributed by atoms with E-state index in [1.165, 1.54) is 44.5 Å². The maximum absolute atomic E-state index is 3.68. The Morgan fingerprint density at radius 2 is 2.00 bits per heavy atom. The lowest BCUT2D eigenvalue weighted by molar-refractivity contribution is 0.129. The van der Waals surface area contributed by atoms with E-state index in [-0.39, 0.29) is 0 Å². The van der Waals surface area contributed by atoms with E-state index in [2.05, 4.69) is 29.1 Å². The molecule has 13 heavy (non-hydrogen) atoms. The first-order valence-electron chi connectivity index (χ1n) is 5.49. The molecule has 2 fully saturated rings. The van der Waals surface area contributed by atoms with Gasteiger partial charge in [0.15, 0.2) is 0 Å². The molecule has 2 rings (SSSR count). The van der Waals surface area contributed by atoms with Gasteiger partial charge in [0.1, 0.15) is 0 Å². The highest BCUT2D eigenvalue weighted by molar-refractivity contribution is 8.00. The molecule has 0 aromatic heterocycles. The van der Waals surface area contributed by atoms with Crippen LogP contribution in [0.2, 0.25) is 0 Å². The predicted octanol–water partition coefficient (Wildman–Crippen LogP) is 1.87. The van der Waals surface area contributed by atoms with Crippen molar-refractivity contribution in [3.05, 3.63) is 0 Å². The minimum atomic E-state index is 0.739. The van der Waals surface area contributed by atoms with Gasteiger partial charge in [0.2, 0.25) is 0 Å². The number of thioether (sulfide) groups is 1. The van der Waals surface area contributed by atoms with Crippen LogP contribution in [0.4, 0.5) is 0 Å². The maximum Gasteiger partial charge on any atom is 0.0339 e. The summed E-state index contributed by atoms with van der Waals surface area (Å²) in [5.41, 5.74) is 3.68. The second-order valence-corrected chi connectivity index (χ2v) is 5.63. The highest BCUT2D eigenvalue weighted by Gasteiger charge is 2.25. The van der Waals surface area contributed by atoms with Crippen molar-refractivity contribution in [1.82, 2.24) is 10.4 Å². The highest BCUT2D eigenvalue weighted by atomic mass is 32.2. The number of nitrogens with zero attached hydrogens (tertiary/aromatic N) is 1. The van der Waals surface area contributed by atoms with Crippen molar-refractivity contribution in [2.24, 2.45) is 0 Å². The second kappa shape index (κ2) is 4.67. The largest absolute Gasteiger partial charge is 0.251 e. The quantitative estimate of drug-likeness (QED) is 0.732. The van der Waals surface area contributed by atoms with Gasteiger partial charge in [0, 0.05) is 24.4 Å². The maximum atomic E-state index is 3.68. The molecule has 2 saturated heterocycles. The molecule has 0 aromatic carbocycles. The van der Waals surface area contributed by atoms with Crippen molar-refractivity contribution in [3.8, 4) is 0 Å². The fourth-order valence-corrected chi connectivity index (χ4v) is 3.35. The molecule has 2 nitrogen and oxygen atoms in total. The molecule has 2 heterocycles. The van der Waals surface area contributed by atoms with Crippen molar-refractivity contribution in [3.63, 3.8) is 0 Å². The molecule has 0 bridgehead atoms. The van der Waals surface area contributed by atoms with Gasteiger partial charge in [0.25, 0.3) is 0 Å². The topological polar surface area (TPSA) is 15.3 Å². The highest BCUT2D eigenvalue weighted by Crippen LogP contribution is 2.26. The van der Waals surface area contributed by atoms with E-state index in [0.29, 0.717) is 0 Å². The summed E-state index contributed by atoms with van der Waals surface area (Å²) in [6, 6.07) is 0.739. The summed E-state index contributed by atoms with van der Waals surface area (Å²) in [5.74, 6) is 1.34. The Kier molecular flexibility index (Phi) is 3.52. The van der Waals surface area contributed by atoms with Crippen LogP contribution in [0, 0.1) is 0 Å². The third-order valence-corrected chi connectivity index (χ3v) is 4.41. The molecule has 0 radical (unpaired) electrons. The Labute approximate surface area is 85.4 Å². The fraction of sp³-hybridized carbons (Fsp3) is 1.00. The minimum Gasteiger partial charge on any atom is -0.251 e. The number of hydrogen-bond acceptors (Lipinski definition) is 3. The van der Waals surface area contributed by atoms with Crippen LogP contribution < -0.4 is 5.43 Å². The summed E-state index contributed by atoms with van der Waals surface area (Å²) in [5, 5.41) is 3.25. The molecule has 0 aliphatic carbocycles. The van der Waals surface area contributed by atoms with Crippen LogP contribution in [0.1, 0.15) is 32.6 Å². The molecule has 0 amide bonds. The molecule has 0 saturated carbocycles. The first-order chi connectivity index (χ1) is 6.36. The van der Waals surface area contributed by atoms with E-state index in [4.69, 9.17) is 0 Å². The Morgan fingerprint density at radius 3 is 2.62 bits per heavy atom. The zero-order chi connectivity index (χ0) is 9.10. The van der Waals surface area contributed by atoms with Gasteiger partial charge in [-0.05, 0) is 25.0 Å². The van der Waals surface area contributed by atoms with Gasteiger partial charge in [-0.25, -0.2) is 5.01 Å². The summed E-state index contributed by atoms with van der Waals surface area (Å²) in [7, 11) is 0. The Morgan fingerprint density at radius 1 is 1.23 bits per heavy atom. The van der Waals surface area contributed by atoms with Crippen molar-refractivity contribution in [1.29, 1.82) is 0 Å². The smallest absolute Gasteiger partial charge is 0.0339 e. The molecule has 2 unspecified atom stereocenters. The normalized spacial score (nSPS) is 36.7. The number of nitrogens with one attached hydrogen (secondary N) is 1. The number of piperidine rings is 1. The van der Waals surface area contributed by atoms with Gasteiger partial charge in [-0.1, -0.05) is 13.3 Å².